The van der Waals surface area contributed by atoms with E-state index >= 15 is 0 Å². The molecule has 0 saturated carbocycles. The van der Waals surface area contributed by atoms with E-state index in [2.05, 4.69) is 5.32 Å². The van der Waals surface area contributed by atoms with Gasteiger partial charge in [0.15, 0.2) is 0 Å². The lowest BCUT2D eigenvalue weighted by atomic mass is 10.2. The highest BCUT2D eigenvalue weighted by molar-refractivity contribution is 7.98. The number of rotatable bonds is 6. The summed E-state index contributed by atoms with van der Waals surface area (Å²) in [4.78, 5) is 13.5. The molecule has 0 spiro atoms. The standard InChI is InChI=1S/C18H22N2O3S2/c1-13(2)20(3)25(22,23)15-11-9-14(10-12-15)19-18(21)16-7-5-6-8-17(16)24-4/h5-13H,1-4H3,(H,19,21). The minimum absolute atomic E-state index is 0.132. The number of thioether (sulfide) groups is 1. The van der Waals surface area contributed by atoms with Crippen molar-refractivity contribution in [2.45, 2.75) is 29.7 Å². The molecule has 0 aliphatic rings. The third kappa shape index (κ3) is 4.42. The van der Waals surface area contributed by atoms with Gasteiger partial charge in [0.1, 0.15) is 0 Å². The average Bonchev–Trinajstić information content (AvgIpc) is 2.61. The molecule has 0 fully saturated rings. The van der Waals surface area contributed by atoms with Crippen LogP contribution in [0.15, 0.2) is 58.3 Å². The van der Waals surface area contributed by atoms with E-state index in [1.807, 2.05) is 38.3 Å². The molecule has 2 aromatic rings. The first-order valence-corrected chi connectivity index (χ1v) is 10.5. The van der Waals surface area contributed by atoms with Crippen molar-refractivity contribution in [1.29, 1.82) is 0 Å². The second-order valence-electron chi connectivity index (χ2n) is 5.79. The highest BCUT2D eigenvalue weighted by Gasteiger charge is 2.22. The van der Waals surface area contributed by atoms with Gasteiger partial charge in [0.25, 0.3) is 5.91 Å². The van der Waals surface area contributed by atoms with Crippen LogP contribution in [0.5, 0.6) is 0 Å². The van der Waals surface area contributed by atoms with Crippen molar-refractivity contribution < 1.29 is 13.2 Å². The van der Waals surface area contributed by atoms with Crippen molar-refractivity contribution in [2.24, 2.45) is 0 Å². The molecule has 0 aliphatic carbocycles. The Hall–Kier alpha value is -1.83. The van der Waals surface area contributed by atoms with Gasteiger partial charge in [-0.3, -0.25) is 4.79 Å². The Bertz CT molecular complexity index is 847. The maximum atomic E-state index is 12.4. The number of nitrogens with zero attached hydrogens (tertiary/aromatic N) is 1. The summed E-state index contributed by atoms with van der Waals surface area (Å²) in [7, 11) is -1.98. The predicted octanol–water partition coefficient (Wildman–Crippen LogP) is 3.69. The van der Waals surface area contributed by atoms with E-state index in [-0.39, 0.29) is 16.8 Å². The van der Waals surface area contributed by atoms with Gasteiger partial charge in [-0.2, -0.15) is 4.31 Å². The van der Waals surface area contributed by atoms with E-state index in [0.29, 0.717) is 11.3 Å². The van der Waals surface area contributed by atoms with Gasteiger partial charge >= 0.3 is 0 Å². The zero-order valence-corrected chi connectivity index (χ0v) is 16.3. The van der Waals surface area contributed by atoms with Gasteiger partial charge in [-0.25, -0.2) is 8.42 Å². The Kier molecular flexibility index (Phi) is 6.26. The van der Waals surface area contributed by atoms with Crippen LogP contribution in [0.1, 0.15) is 24.2 Å². The van der Waals surface area contributed by atoms with Crippen LogP contribution in [0, 0.1) is 0 Å². The molecule has 0 atom stereocenters. The number of benzene rings is 2. The topological polar surface area (TPSA) is 66.5 Å². The lowest BCUT2D eigenvalue weighted by Gasteiger charge is -2.21. The molecule has 1 amide bonds. The minimum atomic E-state index is -3.53. The van der Waals surface area contributed by atoms with E-state index in [9.17, 15) is 13.2 Å². The summed E-state index contributed by atoms with van der Waals surface area (Å²) in [6, 6.07) is 13.4. The van der Waals surface area contributed by atoms with Crippen LogP contribution in [0.3, 0.4) is 0 Å². The first-order valence-electron chi connectivity index (χ1n) is 7.80. The van der Waals surface area contributed by atoms with Gasteiger partial charge in [-0.1, -0.05) is 12.1 Å². The van der Waals surface area contributed by atoms with Crippen LogP contribution in [-0.4, -0.2) is 38.0 Å². The fraction of sp³-hybridized carbons (Fsp3) is 0.278. The van der Waals surface area contributed by atoms with Gasteiger partial charge in [0.05, 0.1) is 10.5 Å². The Labute approximate surface area is 153 Å². The van der Waals surface area contributed by atoms with Crippen molar-refractivity contribution in [3.63, 3.8) is 0 Å². The maximum Gasteiger partial charge on any atom is 0.256 e. The number of anilines is 1. The Morgan fingerprint density at radius 2 is 1.68 bits per heavy atom. The van der Waals surface area contributed by atoms with E-state index < -0.39 is 10.0 Å². The molecule has 5 nitrogen and oxygen atoms in total. The number of amides is 1. The molecule has 0 radical (unpaired) electrons. The van der Waals surface area contributed by atoms with Crippen LogP contribution in [-0.2, 0) is 10.0 Å². The molecule has 0 heterocycles. The van der Waals surface area contributed by atoms with E-state index in [0.717, 1.165) is 4.90 Å². The van der Waals surface area contributed by atoms with Crippen LogP contribution in [0.25, 0.3) is 0 Å². The number of carbonyl (C=O) groups excluding carboxylic acids is 1. The van der Waals surface area contributed by atoms with E-state index in [1.54, 1.807) is 25.2 Å². The number of hydrogen-bond donors (Lipinski definition) is 1. The fourth-order valence-electron chi connectivity index (χ4n) is 2.18. The highest BCUT2D eigenvalue weighted by Crippen LogP contribution is 2.22. The second-order valence-corrected chi connectivity index (χ2v) is 8.64. The normalized spacial score (nSPS) is 11.8. The number of sulfonamides is 1. The lowest BCUT2D eigenvalue weighted by Crippen LogP contribution is -2.33. The Morgan fingerprint density at radius 3 is 2.24 bits per heavy atom. The third-order valence-corrected chi connectivity index (χ3v) is 6.71. The van der Waals surface area contributed by atoms with Gasteiger partial charge < -0.3 is 5.32 Å². The first-order chi connectivity index (χ1) is 11.8. The molecule has 0 aromatic heterocycles. The fourth-order valence-corrected chi connectivity index (χ4v) is 4.15. The van der Waals surface area contributed by atoms with Gasteiger partial charge in [0.2, 0.25) is 10.0 Å². The minimum Gasteiger partial charge on any atom is -0.322 e. The largest absolute Gasteiger partial charge is 0.322 e. The van der Waals surface area contributed by atoms with Crippen LogP contribution < -0.4 is 5.32 Å². The van der Waals surface area contributed by atoms with Gasteiger partial charge in [0, 0.05) is 23.7 Å². The van der Waals surface area contributed by atoms with Crippen molar-refractivity contribution >= 4 is 33.4 Å². The number of hydrogen-bond acceptors (Lipinski definition) is 4. The summed E-state index contributed by atoms with van der Waals surface area (Å²) in [5.74, 6) is -0.222. The molecule has 2 rings (SSSR count). The predicted molar refractivity (Wildman–Crippen MR) is 103 cm³/mol. The summed E-state index contributed by atoms with van der Waals surface area (Å²) >= 11 is 1.50. The third-order valence-electron chi connectivity index (χ3n) is 3.87. The van der Waals surface area contributed by atoms with Crippen molar-refractivity contribution in [2.75, 3.05) is 18.6 Å². The summed E-state index contributed by atoms with van der Waals surface area (Å²) in [6.45, 7) is 3.63. The van der Waals surface area contributed by atoms with Gasteiger partial charge in [-0.05, 0) is 56.5 Å². The molecule has 0 aliphatic heterocycles. The molecule has 0 saturated heterocycles. The maximum absolute atomic E-state index is 12.4. The zero-order valence-electron chi connectivity index (χ0n) is 14.7. The smallest absolute Gasteiger partial charge is 0.256 e. The zero-order chi connectivity index (χ0) is 18.6. The molecule has 0 bridgehead atoms. The summed E-state index contributed by atoms with van der Waals surface area (Å²) < 4.78 is 26.2. The molecule has 25 heavy (non-hydrogen) atoms. The average molecular weight is 379 g/mol. The summed E-state index contributed by atoms with van der Waals surface area (Å²) in [5.41, 5.74) is 1.14. The molecule has 0 unspecified atom stereocenters. The van der Waals surface area contributed by atoms with Crippen molar-refractivity contribution in [3.05, 3.63) is 54.1 Å². The van der Waals surface area contributed by atoms with Crippen LogP contribution >= 0.6 is 11.8 Å². The first kappa shape index (κ1) is 19.5. The quantitative estimate of drug-likeness (QED) is 0.779. The second kappa shape index (κ2) is 8.03. The SMILES string of the molecule is CSc1ccccc1C(=O)Nc1ccc(S(=O)(=O)N(C)C(C)C)cc1. The van der Waals surface area contributed by atoms with Crippen molar-refractivity contribution in [1.82, 2.24) is 4.31 Å². The van der Waals surface area contributed by atoms with Crippen LogP contribution in [0.4, 0.5) is 5.69 Å². The van der Waals surface area contributed by atoms with Crippen LogP contribution in [0.2, 0.25) is 0 Å². The van der Waals surface area contributed by atoms with E-state index in [1.165, 1.54) is 28.2 Å². The molecular formula is C18H22N2O3S2. The van der Waals surface area contributed by atoms with E-state index in [4.69, 9.17) is 0 Å². The molecule has 1 N–H and O–H groups in total. The summed E-state index contributed by atoms with van der Waals surface area (Å²) in [5, 5.41) is 2.80. The van der Waals surface area contributed by atoms with Crippen molar-refractivity contribution in [3.8, 4) is 0 Å². The molecule has 7 heteroatoms. The summed E-state index contributed by atoms with van der Waals surface area (Å²) in [6.07, 6.45) is 1.91. The lowest BCUT2D eigenvalue weighted by molar-refractivity contribution is 0.102. The number of nitrogens with one attached hydrogen (secondary N) is 1. The molecule has 2 aromatic carbocycles. The molecule has 134 valence electrons. The Morgan fingerprint density at radius 1 is 1.08 bits per heavy atom. The van der Waals surface area contributed by atoms with Gasteiger partial charge in [-0.15, -0.1) is 11.8 Å². The molecular weight excluding hydrogens is 356 g/mol. The Balaban J connectivity index is 2.19. The highest BCUT2D eigenvalue weighted by atomic mass is 32.2. The monoisotopic (exact) mass is 378 g/mol. The number of carbonyl (C=O) groups is 1.